The molecule has 0 fully saturated rings. The van der Waals surface area contributed by atoms with Gasteiger partial charge in [0.15, 0.2) is 0 Å². The first-order chi connectivity index (χ1) is 25.0. The number of quaternary nitrogens is 1. The van der Waals surface area contributed by atoms with Crippen molar-refractivity contribution in [3.8, 4) is 0 Å². The smallest absolute Gasteiger partial charge is 0.268 e. The van der Waals surface area contributed by atoms with Crippen LogP contribution in [-0.2, 0) is 18.4 Å². The molecule has 0 saturated heterocycles. The summed E-state index contributed by atoms with van der Waals surface area (Å²) in [4.78, 5) is 25.3. The molecule has 0 heterocycles. The predicted octanol–water partition coefficient (Wildman–Crippen LogP) is 11.3. The topological polar surface area (TPSA) is 108 Å². The Kier molecular flexibility index (Phi) is 35.4. The number of nitrogens with zero attached hydrogens (tertiary/aromatic N) is 1. The van der Waals surface area contributed by atoms with Crippen molar-refractivity contribution < 1.29 is 32.9 Å². The first-order valence-corrected chi connectivity index (χ1v) is 23.5. The Morgan fingerprint density at radius 2 is 1.04 bits per heavy atom. The zero-order valence-corrected chi connectivity index (χ0v) is 35.9. The average molecular weight is 759 g/mol. The SMILES string of the molecule is CCCCCCCCCCCCCC/C=C/C(O)C(COP(=O)([O-])OCC[N+](C)(C)C)NC(=O)CCCCCCCCCCCCCCCCCC. The van der Waals surface area contributed by atoms with Gasteiger partial charge in [0.25, 0.3) is 7.82 Å². The van der Waals surface area contributed by atoms with Gasteiger partial charge in [-0.15, -0.1) is 0 Å². The van der Waals surface area contributed by atoms with E-state index in [1.54, 1.807) is 6.08 Å². The molecule has 8 nitrogen and oxygen atoms in total. The number of phosphoric ester groups is 1. The molecule has 0 aliphatic rings. The normalized spacial score (nSPS) is 14.5. The molecule has 0 aromatic heterocycles. The molecule has 52 heavy (non-hydrogen) atoms. The fourth-order valence-electron chi connectivity index (χ4n) is 6.45. The van der Waals surface area contributed by atoms with Gasteiger partial charge in [0, 0.05) is 6.42 Å². The lowest BCUT2D eigenvalue weighted by molar-refractivity contribution is -0.870. The highest BCUT2D eigenvalue weighted by molar-refractivity contribution is 7.45. The predicted molar refractivity (Wildman–Crippen MR) is 219 cm³/mol. The molecule has 0 rings (SSSR count). The molecule has 0 spiro atoms. The van der Waals surface area contributed by atoms with Crippen LogP contribution in [0.3, 0.4) is 0 Å². The van der Waals surface area contributed by atoms with Crippen LogP contribution in [0.25, 0.3) is 0 Å². The lowest BCUT2D eigenvalue weighted by Gasteiger charge is -2.29. The summed E-state index contributed by atoms with van der Waals surface area (Å²) in [5.74, 6) is -0.195. The Bertz CT molecular complexity index is 865. The van der Waals surface area contributed by atoms with Crippen molar-refractivity contribution in [2.75, 3.05) is 40.9 Å². The molecule has 0 aliphatic heterocycles. The summed E-state index contributed by atoms with van der Waals surface area (Å²) in [6, 6.07) is -0.879. The van der Waals surface area contributed by atoms with Gasteiger partial charge < -0.3 is 28.8 Å². The Labute approximate surface area is 322 Å². The summed E-state index contributed by atoms with van der Waals surface area (Å²) in [5, 5.41) is 13.8. The van der Waals surface area contributed by atoms with Gasteiger partial charge >= 0.3 is 0 Å². The third-order valence-electron chi connectivity index (χ3n) is 10.00. The minimum atomic E-state index is -4.58. The lowest BCUT2D eigenvalue weighted by atomic mass is 10.0. The van der Waals surface area contributed by atoms with E-state index in [-0.39, 0.29) is 19.1 Å². The highest BCUT2D eigenvalue weighted by atomic mass is 31.2. The van der Waals surface area contributed by atoms with Crippen LogP contribution in [0.5, 0.6) is 0 Å². The number of likely N-dealkylation sites (N-methyl/N-ethyl adjacent to an activating group) is 1. The quantitative estimate of drug-likeness (QED) is 0.0279. The summed E-state index contributed by atoms with van der Waals surface area (Å²) in [5.41, 5.74) is 0. The largest absolute Gasteiger partial charge is 0.756 e. The molecule has 9 heteroatoms. The van der Waals surface area contributed by atoms with Gasteiger partial charge in [0.2, 0.25) is 5.91 Å². The molecule has 310 valence electrons. The third kappa shape index (κ3) is 37.6. The van der Waals surface area contributed by atoms with Crippen molar-refractivity contribution in [3.05, 3.63) is 12.2 Å². The maximum atomic E-state index is 12.8. The second-order valence-electron chi connectivity index (χ2n) is 16.4. The lowest BCUT2D eigenvalue weighted by Crippen LogP contribution is -2.45. The van der Waals surface area contributed by atoms with Crippen molar-refractivity contribution in [2.45, 2.75) is 219 Å². The zero-order valence-electron chi connectivity index (χ0n) is 35.0. The van der Waals surface area contributed by atoms with Gasteiger partial charge in [-0.05, 0) is 19.3 Å². The van der Waals surface area contributed by atoms with Crippen LogP contribution in [0.1, 0.15) is 206 Å². The number of aliphatic hydroxyl groups is 1. The van der Waals surface area contributed by atoms with Gasteiger partial charge in [0.1, 0.15) is 13.2 Å². The third-order valence-corrected chi connectivity index (χ3v) is 11.0. The van der Waals surface area contributed by atoms with Gasteiger partial charge in [0.05, 0.1) is 39.9 Å². The van der Waals surface area contributed by atoms with Gasteiger partial charge in [-0.25, -0.2) is 0 Å². The van der Waals surface area contributed by atoms with Crippen LogP contribution >= 0.6 is 7.82 Å². The van der Waals surface area contributed by atoms with Crippen LogP contribution in [0.15, 0.2) is 12.2 Å². The molecule has 0 bridgehead atoms. The summed E-state index contributed by atoms with van der Waals surface area (Å²) in [6.07, 6.45) is 39.6. The number of aliphatic hydroxyl groups excluding tert-OH is 1. The molecule has 0 aliphatic carbocycles. The summed E-state index contributed by atoms with van der Waals surface area (Å²) in [7, 11) is 1.27. The minimum absolute atomic E-state index is 0.00205. The Morgan fingerprint density at radius 3 is 1.44 bits per heavy atom. The highest BCUT2D eigenvalue weighted by Gasteiger charge is 2.23. The van der Waals surface area contributed by atoms with Gasteiger partial charge in [-0.1, -0.05) is 193 Å². The van der Waals surface area contributed by atoms with Crippen molar-refractivity contribution in [1.29, 1.82) is 0 Å². The maximum absolute atomic E-state index is 12.8. The van der Waals surface area contributed by atoms with E-state index >= 15 is 0 Å². The van der Waals surface area contributed by atoms with E-state index < -0.39 is 20.0 Å². The van der Waals surface area contributed by atoms with Crippen molar-refractivity contribution in [3.63, 3.8) is 0 Å². The number of hydrogen-bond donors (Lipinski definition) is 2. The summed E-state index contributed by atoms with van der Waals surface area (Å²) in [6.45, 7) is 4.65. The fourth-order valence-corrected chi connectivity index (χ4v) is 7.17. The number of rotatable bonds is 40. The van der Waals surface area contributed by atoms with E-state index in [0.717, 1.165) is 38.5 Å². The Morgan fingerprint density at radius 1 is 0.654 bits per heavy atom. The zero-order chi connectivity index (χ0) is 38.6. The minimum Gasteiger partial charge on any atom is -0.756 e. The van der Waals surface area contributed by atoms with Crippen molar-refractivity contribution in [1.82, 2.24) is 5.32 Å². The maximum Gasteiger partial charge on any atom is 0.268 e. The van der Waals surface area contributed by atoms with E-state index in [1.165, 1.54) is 148 Å². The van der Waals surface area contributed by atoms with Crippen LogP contribution < -0.4 is 10.2 Å². The molecule has 1 amide bonds. The second-order valence-corrected chi connectivity index (χ2v) is 17.8. The van der Waals surface area contributed by atoms with Crippen molar-refractivity contribution in [2.24, 2.45) is 0 Å². The number of carbonyl (C=O) groups is 1. The molecule has 0 saturated carbocycles. The van der Waals surface area contributed by atoms with Crippen LogP contribution in [0.2, 0.25) is 0 Å². The second kappa shape index (κ2) is 35.9. The number of phosphoric acid groups is 1. The van der Waals surface area contributed by atoms with E-state index in [2.05, 4.69) is 19.2 Å². The van der Waals surface area contributed by atoms with E-state index in [4.69, 9.17) is 9.05 Å². The molecular weight excluding hydrogens is 671 g/mol. The number of carbonyl (C=O) groups excluding carboxylic acids is 1. The average Bonchev–Trinajstić information content (AvgIpc) is 3.09. The fraction of sp³-hybridized carbons (Fsp3) is 0.930. The molecule has 0 aromatic carbocycles. The van der Waals surface area contributed by atoms with Gasteiger partial charge in [-0.2, -0.15) is 0 Å². The molecule has 2 N–H and O–H groups in total. The number of hydrogen-bond acceptors (Lipinski definition) is 6. The number of allylic oxidation sites excluding steroid dienone is 1. The highest BCUT2D eigenvalue weighted by Crippen LogP contribution is 2.38. The summed E-state index contributed by atoms with van der Waals surface area (Å²) < 4.78 is 23.2. The number of amides is 1. The standard InChI is InChI=1S/C43H87N2O6P/c1-6-8-10-12-14-16-18-20-22-23-25-27-29-31-33-35-37-43(47)44-41(40-51-52(48,49)50-39-38-45(3,4)5)42(46)36-34-32-30-28-26-24-21-19-17-15-13-11-9-7-2/h34,36,41-42,46H,6-33,35,37-40H2,1-5H3,(H-,44,47,48,49)/b36-34+. The molecule has 0 aromatic rings. The van der Waals surface area contributed by atoms with Crippen LogP contribution in [0.4, 0.5) is 0 Å². The molecule has 3 atom stereocenters. The van der Waals surface area contributed by atoms with Crippen molar-refractivity contribution >= 4 is 13.7 Å². The molecular formula is C43H87N2O6P. The van der Waals surface area contributed by atoms with Crippen LogP contribution in [0, 0.1) is 0 Å². The first kappa shape index (κ1) is 51.2. The monoisotopic (exact) mass is 759 g/mol. The first-order valence-electron chi connectivity index (χ1n) is 22.1. The van der Waals surface area contributed by atoms with E-state index in [1.807, 2.05) is 27.2 Å². The summed E-state index contributed by atoms with van der Waals surface area (Å²) >= 11 is 0. The van der Waals surface area contributed by atoms with E-state index in [9.17, 15) is 19.4 Å². The Balaban J connectivity index is 4.41. The number of nitrogens with one attached hydrogen (secondary N) is 1. The van der Waals surface area contributed by atoms with E-state index in [0.29, 0.717) is 17.4 Å². The van der Waals surface area contributed by atoms with Crippen LogP contribution in [-0.4, -0.2) is 68.5 Å². The molecule has 0 radical (unpaired) electrons. The number of unbranched alkanes of at least 4 members (excludes halogenated alkanes) is 27. The Hall–Kier alpha value is -0.760. The van der Waals surface area contributed by atoms with Gasteiger partial charge in [-0.3, -0.25) is 9.36 Å². The molecule has 3 unspecified atom stereocenters.